The minimum absolute atomic E-state index is 0.419. The van der Waals surface area contributed by atoms with Gasteiger partial charge in [0.2, 0.25) is 10.0 Å². The number of aromatic amines is 1. The summed E-state index contributed by atoms with van der Waals surface area (Å²) >= 11 is 0. The van der Waals surface area contributed by atoms with Crippen molar-refractivity contribution in [2.24, 2.45) is 0 Å². The predicted octanol–water partition coefficient (Wildman–Crippen LogP) is 1.29. The van der Waals surface area contributed by atoms with Crippen LogP contribution in [0, 0.1) is 11.3 Å². The van der Waals surface area contributed by atoms with Crippen LogP contribution in [0.4, 0.5) is 5.69 Å². The van der Waals surface area contributed by atoms with Crippen molar-refractivity contribution in [1.29, 1.82) is 5.26 Å². The van der Waals surface area contributed by atoms with E-state index < -0.39 is 15.6 Å². The molecule has 1 aromatic carbocycles. The first-order valence-corrected chi connectivity index (χ1v) is 9.17. The summed E-state index contributed by atoms with van der Waals surface area (Å²) in [6.07, 6.45) is 2.98. The Bertz CT molecular complexity index is 894. The van der Waals surface area contributed by atoms with Crippen molar-refractivity contribution in [3.63, 3.8) is 0 Å². The third-order valence-corrected chi connectivity index (χ3v) is 5.71. The van der Waals surface area contributed by atoms with Gasteiger partial charge in [0.15, 0.2) is 0 Å². The van der Waals surface area contributed by atoms with E-state index in [1.165, 1.54) is 10.6 Å². The van der Waals surface area contributed by atoms with Crippen LogP contribution in [0.15, 0.2) is 18.3 Å². The number of nitrogens with one attached hydrogen (secondary N) is 1. The quantitative estimate of drug-likeness (QED) is 0.894. The number of nitriles is 1. The standard InChI is InChI=1S/C15H19N5O2S/c1-15(2)10-19(4-5-20(15)23(3,21)22)14-7-11(8-16)6-13-12(14)9-17-18-13/h6-7,9H,4-5,10H2,1-3H3,(H,17,18). The van der Waals surface area contributed by atoms with Gasteiger partial charge in [0.05, 0.1) is 29.6 Å². The fourth-order valence-electron chi connectivity index (χ4n) is 3.32. The molecule has 1 fully saturated rings. The molecule has 0 bridgehead atoms. The van der Waals surface area contributed by atoms with Crippen LogP contribution in [-0.4, -0.2) is 54.3 Å². The van der Waals surface area contributed by atoms with E-state index in [4.69, 9.17) is 0 Å². The summed E-state index contributed by atoms with van der Waals surface area (Å²) in [5.74, 6) is 0. The normalized spacial score (nSPS) is 19.0. The third kappa shape index (κ3) is 2.78. The number of hydrogen-bond acceptors (Lipinski definition) is 5. The van der Waals surface area contributed by atoms with Crippen molar-refractivity contribution in [2.75, 3.05) is 30.8 Å². The van der Waals surface area contributed by atoms with Crippen LogP contribution in [0.25, 0.3) is 10.9 Å². The zero-order chi connectivity index (χ0) is 16.8. The van der Waals surface area contributed by atoms with Crippen molar-refractivity contribution in [2.45, 2.75) is 19.4 Å². The van der Waals surface area contributed by atoms with Crippen molar-refractivity contribution < 1.29 is 8.42 Å². The average Bonchev–Trinajstić information content (AvgIpc) is 2.91. The number of fused-ring (bicyclic) bond motifs is 1. The fraction of sp³-hybridized carbons (Fsp3) is 0.467. The Balaban J connectivity index is 2.02. The smallest absolute Gasteiger partial charge is 0.211 e. The molecule has 0 radical (unpaired) electrons. The van der Waals surface area contributed by atoms with Crippen LogP contribution in [0.1, 0.15) is 19.4 Å². The van der Waals surface area contributed by atoms with Crippen LogP contribution >= 0.6 is 0 Å². The molecular weight excluding hydrogens is 314 g/mol. The molecule has 2 aromatic rings. The van der Waals surface area contributed by atoms with Gasteiger partial charge in [0, 0.05) is 36.2 Å². The lowest BCUT2D eigenvalue weighted by Crippen LogP contribution is -2.60. The molecule has 0 spiro atoms. The van der Waals surface area contributed by atoms with E-state index in [9.17, 15) is 13.7 Å². The number of anilines is 1. The zero-order valence-corrected chi connectivity index (χ0v) is 14.2. The second-order valence-corrected chi connectivity index (χ2v) is 8.41. The Morgan fingerprint density at radius 2 is 2.09 bits per heavy atom. The summed E-state index contributed by atoms with van der Waals surface area (Å²) in [4.78, 5) is 2.13. The first kappa shape index (κ1) is 15.8. The molecule has 2 heterocycles. The van der Waals surface area contributed by atoms with Gasteiger partial charge in [0.25, 0.3) is 0 Å². The predicted molar refractivity (Wildman–Crippen MR) is 88.7 cm³/mol. The maximum atomic E-state index is 12.0. The van der Waals surface area contributed by atoms with Gasteiger partial charge < -0.3 is 4.90 Å². The zero-order valence-electron chi connectivity index (χ0n) is 13.4. The lowest BCUT2D eigenvalue weighted by molar-refractivity contribution is 0.206. The van der Waals surface area contributed by atoms with Crippen molar-refractivity contribution in [3.05, 3.63) is 23.9 Å². The van der Waals surface area contributed by atoms with Crippen LogP contribution in [0.2, 0.25) is 0 Å². The number of piperazine rings is 1. The molecule has 0 unspecified atom stereocenters. The SMILES string of the molecule is CC1(C)CN(c2cc(C#N)cc3[nH]ncc23)CCN1S(C)(=O)=O. The maximum absolute atomic E-state index is 12.0. The third-order valence-electron chi connectivity index (χ3n) is 4.23. The topological polar surface area (TPSA) is 93.1 Å². The molecular formula is C15H19N5O2S. The van der Waals surface area contributed by atoms with Gasteiger partial charge in [-0.15, -0.1) is 0 Å². The lowest BCUT2D eigenvalue weighted by Gasteiger charge is -2.46. The Morgan fingerprint density at radius 1 is 1.35 bits per heavy atom. The molecule has 23 heavy (non-hydrogen) atoms. The van der Waals surface area contributed by atoms with E-state index in [2.05, 4.69) is 21.2 Å². The molecule has 0 amide bonds. The number of sulfonamides is 1. The molecule has 0 saturated carbocycles. The molecule has 1 saturated heterocycles. The summed E-state index contributed by atoms with van der Waals surface area (Å²) in [6.45, 7) is 5.38. The van der Waals surface area contributed by atoms with Gasteiger partial charge in [-0.05, 0) is 26.0 Å². The van der Waals surface area contributed by atoms with Crippen LogP contribution in [0.3, 0.4) is 0 Å². The summed E-state index contributed by atoms with van der Waals surface area (Å²) in [6, 6.07) is 5.77. The second-order valence-electron chi connectivity index (χ2n) is 6.51. The number of rotatable bonds is 2. The van der Waals surface area contributed by atoms with E-state index in [0.29, 0.717) is 25.2 Å². The lowest BCUT2D eigenvalue weighted by atomic mass is 10.0. The van der Waals surface area contributed by atoms with Gasteiger partial charge in [-0.1, -0.05) is 0 Å². The highest BCUT2D eigenvalue weighted by Gasteiger charge is 2.39. The number of benzene rings is 1. The van der Waals surface area contributed by atoms with E-state index >= 15 is 0 Å². The highest BCUT2D eigenvalue weighted by Crippen LogP contribution is 2.32. The second kappa shape index (κ2) is 5.22. The molecule has 1 aliphatic rings. The van der Waals surface area contributed by atoms with Gasteiger partial charge >= 0.3 is 0 Å². The summed E-state index contributed by atoms with van der Waals surface area (Å²) in [5.41, 5.74) is 1.75. The Kier molecular flexibility index (Phi) is 3.58. The van der Waals surface area contributed by atoms with E-state index in [1.807, 2.05) is 19.9 Å². The van der Waals surface area contributed by atoms with Crippen LogP contribution in [-0.2, 0) is 10.0 Å². The Labute approximate surface area is 135 Å². The van der Waals surface area contributed by atoms with Crippen molar-refractivity contribution >= 4 is 26.6 Å². The molecule has 1 aliphatic heterocycles. The van der Waals surface area contributed by atoms with Gasteiger partial charge in [-0.2, -0.15) is 14.7 Å². The maximum Gasteiger partial charge on any atom is 0.211 e. The van der Waals surface area contributed by atoms with Crippen LogP contribution < -0.4 is 4.90 Å². The van der Waals surface area contributed by atoms with Crippen molar-refractivity contribution in [1.82, 2.24) is 14.5 Å². The molecule has 1 N–H and O–H groups in total. The largest absolute Gasteiger partial charge is 0.368 e. The summed E-state index contributed by atoms with van der Waals surface area (Å²) in [7, 11) is -3.25. The minimum Gasteiger partial charge on any atom is -0.368 e. The Hall–Kier alpha value is -2.11. The van der Waals surface area contributed by atoms with Gasteiger partial charge in [-0.25, -0.2) is 8.42 Å². The molecule has 0 aliphatic carbocycles. The molecule has 3 rings (SSSR count). The van der Waals surface area contributed by atoms with E-state index in [-0.39, 0.29) is 0 Å². The highest BCUT2D eigenvalue weighted by atomic mass is 32.2. The van der Waals surface area contributed by atoms with Gasteiger partial charge in [-0.3, -0.25) is 5.10 Å². The molecule has 1 aromatic heterocycles. The number of hydrogen-bond donors (Lipinski definition) is 1. The van der Waals surface area contributed by atoms with Gasteiger partial charge in [0.1, 0.15) is 0 Å². The Morgan fingerprint density at radius 3 is 2.70 bits per heavy atom. The fourth-order valence-corrected chi connectivity index (χ4v) is 4.69. The molecule has 0 atom stereocenters. The average molecular weight is 333 g/mol. The minimum atomic E-state index is -3.25. The molecule has 122 valence electrons. The number of H-pyrrole nitrogens is 1. The first-order valence-electron chi connectivity index (χ1n) is 7.32. The number of aromatic nitrogens is 2. The first-order chi connectivity index (χ1) is 10.7. The number of nitrogens with zero attached hydrogens (tertiary/aromatic N) is 4. The van der Waals surface area contributed by atoms with Crippen molar-refractivity contribution in [3.8, 4) is 6.07 Å². The van der Waals surface area contributed by atoms with E-state index in [0.717, 1.165) is 16.6 Å². The molecule has 8 heteroatoms. The summed E-state index contributed by atoms with van der Waals surface area (Å²) in [5, 5.41) is 17.1. The monoisotopic (exact) mass is 333 g/mol. The van der Waals surface area contributed by atoms with E-state index in [1.54, 1.807) is 12.3 Å². The van der Waals surface area contributed by atoms with Crippen LogP contribution in [0.5, 0.6) is 0 Å². The summed E-state index contributed by atoms with van der Waals surface area (Å²) < 4.78 is 25.5. The molecule has 7 nitrogen and oxygen atoms in total. The highest BCUT2D eigenvalue weighted by molar-refractivity contribution is 7.88.